The molecular weight excluding hydrogens is 178 g/mol. The average molecular weight is 190 g/mol. The maximum Gasteiger partial charge on any atom is 0.102 e. The van der Waals surface area contributed by atoms with E-state index in [1.54, 1.807) is 0 Å². The van der Waals surface area contributed by atoms with E-state index in [1.165, 1.54) is 0 Å². The molecule has 0 aromatic rings. The lowest BCUT2D eigenvalue weighted by molar-refractivity contribution is 0.389. The Balaban J connectivity index is 3.63. The first-order valence-corrected chi connectivity index (χ1v) is 3.91. The van der Waals surface area contributed by atoms with Gasteiger partial charge in [-0.15, -0.1) is 0 Å². The molecule has 0 aromatic carbocycles. The van der Waals surface area contributed by atoms with Gasteiger partial charge >= 0.3 is 0 Å². The zero-order valence-corrected chi connectivity index (χ0v) is 7.70. The minimum atomic E-state index is 0.0116. The Hall–Kier alpha value is -0.0300. The monoisotopic (exact) mass is 189 g/mol. The summed E-state index contributed by atoms with van der Waals surface area (Å²) in [6, 6.07) is 2.14. The van der Waals surface area contributed by atoms with Gasteiger partial charge in [-0.2, -0.15) is 5.26 Å². The summed E-state index contributed by atoms with van der Waals surface area (Å²) in [7, 11) is 0. The predicted molar refractivity (Wildman–Crippen MR) is 42.4 cm³/mol. The lowest BCUT2D eigenvalue weighted by atomic mass is 9.91. The van der Waals surface area contributed by atoms with Crippen molar-refractivity contribution in [2.45, 2.75) is 32.0 Å². The van der Waals surface area contributed by atoms with Gasteiger partial charge in [-0.3, -0.25) is 0 Å². The maximum absolute atomic E-state index is 8.40. The van der Waals surface area contributed by atoms with Crippen LogP contribution in [0.25, 0.3) is 0 Å². The Bertz CT molecular complexity index is 118. The molecule has 0 rings (SSSR count). The molecule has 0 bridgehead atoms. The molecule has 0 spiro atoms. The van der Waals surface area contributed by atoms with Crippen LogP contribution in [0.5, 0.6) is 0 Å². The van der Waals surface area contributed by atoms with Crippen molar-refractivity contribution in [2.75, 3.05) is 0 Å². The van der Waals surface area contributed by atoms with Crippen LogP contribution in [0.15, 0.2) is 0 Å². The van der Waals surface area contributed by atoms with Crippen molar-refractivity contribution in [3.63, 3.8) is 0 Å². The standard InChI is InChI=1S/C7H12BrN/c1-7(2,3)4-6(8)5-9/h6H,4H2,1-3H3. The van der Waals surface area contributed by atoms with Crippen molar-refractivity contribution in [3.05, 3.63) is 0 Å². The van der Waals surface area contributed by atoms with Crippen molar-refractivity contribution < 1.29 is 0 Å². The van der Waals surface area contributed by atoms with E-state index in [2.05, 4.69) is 42.8 Å². The molecule has 52 valence electrons. The average Bonchev–Trinajstić information content (AvgIpc) is 1.62. The Morgan fingerprint density at radius 1 is 1.56 bits per heavy atom. The van der Waals surface area contributed by atoms with Crippen LogP contribution in [-0.2, 0) is 0 Å². The molecule has 1 atom stereocenters. The lowest BCUT2D eigenvalue weighted by Gasteiger charge is -2.17. The van der Waals surface area contributed by atoms with Crippen molar-refractivity contribution in [2.24, 2.45) is 5.41 Å². The third-order valence-corrected chi connectivity index (χ3v) is 1.46. The molecule has 0 saturated heterocycles. The molecule has 0 aliphatic carbocycles. The van der Waals surface area contributed by atoms with Gasteiger partial charge in [0.15, 0.2) is 0 Å². The molecule has 1 unspecified atom stereocenters. The molecule has 0 radical (unpaired) electrons. The van der Waals surface area contributed by atoms with Gasteiger partial charge in [-0.05, 0) is 11.8 Å². The highest BCUT2D eigenvalue weighted by molar-refractivity contribution is 9.09. The SMILES string of the molecule is CC(C)(C)CC(Br)C#N. The molecule has 0 heterocycles. The maximum atomic E-state index is 8.40. The Morgan fingerprint density at radius 2 is 2.00 bits per heavy atom. The van der Waals surface area contributed by atoms with E-state index < -0.39 is 0 Å². The minimum Gasteiger partial charge on any atom is -0.197 e. The van der Waals surface area contributed by atoms with Crippen LogP contribution in [0.1, 0.15) is 27.2 Å². The van der Waals surface area contributed by atoms with Gasteiger partial charge < -0.3 is 0 Å². The van der Waals surface area contributed by atoms with Crippen LogP contribution < -0.4 is 0 Å². The highest BCUT2D eigenvalue weighted by Crippen LogP contribution is 2.23. The van der Waals surface area contributed by atoms with E-state index >= 15 is 0 Å². The van der Waals surface area contributed by atoms with Crippen molar-refractivity contribution >= 4 is 15.9 Å². The zero-order valence-electron chi connectivity index (χ0n) is 6.11. The highest BCUT2D eigenvalue weighted by Gasteiger charge is 2.15. The third kappa shape index (κ3) is 5.85. The summed E-state index contributed by atoms with van der Waals surface area (Å²) < 4.78 is 0. The minimum absolute atomic E-state index is 0.0116. The number of nitriles is 1. The van der Waals surface area contributed by atoms with E-state index in [-0.39, 0.29) is 10.2 Å². The topological polar surface area (TPSA) is 23.8 Å². The smallest absolute Gasteiger partial charge is 0.102 e. The van der Waals surface area contributed by atoms with Crippen LogP contribution in [0.4, 0.5) is 0 Å². The molecule has 1 nitrogen and oxygen atoms in total. The van der Waals surface area contributed by atoms with E-state index in [0.717, 1.165) is 6.42 Å². The summed E-state index contributed by atoms with van der Waals surface area (Å²) in [6.07, 6.45) is 0.906. The summed E-state index contributed by atoms with van der Waals surface area (Å²) >= 11 is 3.25. The summed E-state index contributed by atoms with van der Waals surface area (Å²) in [5.74, 6) is 0. The van der Waals surface area contributed by atoms with Gasteiger partial charge in [0.1, 0.15) is 4.83 Å². The van der Waals surface area contributed by atoms with E-state index in [1.807, 2.05) is 0 Å². The van der Waals surface area contributed by atoms with Gasteiger partial charge in [0, 0.05) is 0 Å². The van der Waals surface area contributed by atoms with E-state index in [4.69, 9.17) is 5.26 Å². The normalized spacial score (nSPS) is 14.6. The van der Waals surface area contributed by atoms with Gasteiger partial charge in [-0.1, -0.05) is 36.7 Å². The fourth-order valence-electron chi connectivity index (χ4n) is 0.583. The Morgan fingerprint density at radius 3 is 2.11 bits per heavy atom. The molecule has 2 heteroatoms. The lowest BCUT2D eigenvalue weighted by Crippen LogP contribution is -2.10. The van der Waals surface area contributed by atoms with Crippen LogP contribution in [0.3, 0.4) is 0 Å². The fraction of sp³-hybridized carbons (Fsp3) is 0.857. The number of nitrogens with zero attached hydrogens (tertiary/aromatic N) is 1. The summed E-state index contributed by atoms with van der Waals surface area (Å²) in [5.41, 5.74) is 0.254. The number of hydrogen-bond acceptors (Lipinski definition) is 1. The highest BCUT2D eigenvalue weighted by atomic mass is 79.9. The second kappa shape index (κ2) is 3.22. The van der Waals surface area contributed by atoms with Crippen LogP contribution >= 0.6 is 15.9 Å². The Labute approximate surface area is 65.2 Å². The van der Waals surface area contributed by atoms with Gasteiger partial charge in [0.05, 0.1) is 6.07 Å². The molecule has 0 aliphatic heterocycles. The van der Waals surface area contributed by atoms with Gasteiger partial charge in [-0.25, -0.2) is 0 Å². The first-order valence-electron chi connectivity index (χ1n) is 2.99. The summed E-state index contributed by atoms with van der Waals surface area (Å²) in [6.45, 7) is 6.37. The predicted octanol–water partition coefficient (Wildman–Crippen LogP) is 2.71. The van der Waals surface area contributed by atoms with Crippen LogP contribution in [0.2, 0.25) is 0 Å². The number of alkyl halides is 1. The van der Waals surface area contributed by atoms with E-state index in [9.17, 15) is 0 Å². The first-order chi connectivity index (χ1) is 3.95. The molecule has 0 N–H and O–H groups in total. The largest absolute Gasteiger partial charge is 0.197 e. The van der Waals surface area contributed by atoms with Crippen molar-refractivity contribution in [1.29, 1.82) is 5.26 Å². The van der Waals surface area contributed by atoms with Gasteiger partial charge in [0.25, 0.3) is 0 Å². The summed E-state index contributed by atoms with van der Waals surface area (Å²) in [4.78, 5) is 0.0116. The first kappa shape index (κ1) is 8.97. The third-order valence-electron chi connectivity index (χ3n) is 0.932. The molecular formula is C7H12BrN. The molecule has 0 amide bonds. The number of hydrogen-bond donors (Lipinski definition) is 0. The molecule has 0 fully saturated rings. The molecule has 9 heavy (non-hydrogen) atoms. The number of rotatable bonds is 1. The quantitative estimate of drug-likeness (QED) is 0.583. The molecule has 0 saturated carbocycles. The van der Waals surface area contributed by atoms with Crippen molar-refractivity contribution in [1.82, 2.24) is 0 Å². The Kier molecular flexibility index (Phi) is 3.21. The molecule has 0 aliphatic rings. The van der Waals surface area contributed by atoms with Crippen molar-refractivity contribution in [3.8, 4) is 6.07 Å². The van der Waals surface area contributed by atoms with E-state index in [0.29, 0.717) is 0 Å². The van der Waals surface area contributed by atoms with Crippen LogP contribution in [-0.4, -0.2) is 4.83 Å². The zero-order chi connectivity index (χ0) is 7.49. The summed E-state index contributed by atoms with van der Waals surface area (Å²) in [5, 5.41) is 8.40. The fourth-order valence-corrected chi connectivity index (χ4v) is 1.55. The second-order valence-corrected chi connectivity index (χ2v) is 4.47. The molecule has 0 aromatic heterocycles. The van der Waals surface area contributed by atoms with Crippen LogP contribution in [0, 0.1) is 16.7 Å². The second-order valence-electron chi connectivity index (χ2n) is 3.36. The van der Waals surface area contributed by atoms with Gasteiger partial charge in [0.2, 0.25) is 0 Å². The number of halogens is 1.